The van der Waals surface area contributed by atoms with Crippen LogP contribution >= 0.6 is 0 Å². The standard InChI is InChI=1S/C22H23NO5/c1-25-17-8-10-20(27-3)16(12-17)13-18-9-11-21(28-18)22(24)23-14-15-6-4-5-7-19(15)26-2/h4-12H,13-14H2,1-3H3,(H,23,24). The second-order valence-corrected chi connectivity index (χ2v) is 6.12. The molecule has 6 heteroatoms. The maximum atomic E-state index is 12.4. The second kappa shape index (κ2) is 8.99. The van der Waals surface area contributed by atoms with E-state index < -0.39 is 0 Å². The van der Waals surface area contributed by atoms with Gasteiger partial charge in [-0.2, -0.15) is 0 Å². The molecule has 0 atom stereocenters. The van der Waals surface area contributed by atoms with Gasteiger partial charge in [0.25, 0.3) is 5.91 Å². The van der Waals surface area contributed by atoms with Crippen LogP contribution in [0.4, 0.5) is 0 Å². The molecule has 0 aliphatic carbocycles. The number of rotatable bonds is 8. The van der Waals surface area contributed by atoms with E-state index in [1.165, 1.54) is 0 Å². The summed E-state index contributed by atoms with van der Waals surface area (Å²) in [5, 5.41) is 2.85. The SMILES string of the molecule is COc1ccc(OC)c(Cc2ccc(C(=O)NCc3ccccc3OC)o2)c1. The van der Waals surface area contributed by atoms with Gasteiger partial charge in [0.1, 0.15) is 23.0 Å². The van der Waals surface area contributed by atoms with Crippen molar-refractivity contribution in [2.75, 3.05) is 21.3 Å². The van der Waals surface area contributed by atoms with E-state index in [4.69, 9.17) is 18.6 Å². The van der Waals surface area contributed by atoms with Gasteiger partial charge in [0.15, 0.2) is 5.76 Å². The molecule has 3 rings (SSSR count). The normalized spacial score (nSPS) is 10.4. The van der Waals surface area contributed by atoms with Crippen molar-refractivity contribution in [3.05, 3.63) is 77.2 Å². The first-order valence-electron chi connectivity index (χ1n) is 8.84. The largest absolute Gasteiger partial charge is 0.497 e. The predicted octanol–water partition coefficient (Wildman–Crippen LogP) is 3.83. The number of benzene rings is 2. The van der Waals surface area contributed by atoms with Gasteiger partial charge in [0, 0.05) is 24.1 Å². The first kappa shape index (κ1) is 19.4. The minimum absolute atomic E-state index is 0.256. The van der Waals surface area contributed by atoms with Crippen molar-refractivity contribution in [2.45, 2.75) is 13.0 Å². The third-order valence-electron chi connectivity index (χ3n) is 4.37. The van der Waals surface area contributed by atoms with Crippen molar-refractivity contribution >= 4 is 5.91 Å². The molecule has 0 unspecified atom stereocenters. The number of para-hydroxylation sites is 1. The predicted molar refractivity (Wildman–Crippen MR) is 105 cm³/mol. The van der Waals surface area contributed by atoms with Crippen LogP contribution in [0.2, 0.25) is 0 Å². The van der Waals surface area contributed by atoms with Gasteiger partial charge in [0.2, 0.25) is 0 Å². The van der Waals surface area contributed by atoms with E-state index in [0.29, 0.717) is 18.7 Å². The Morgan fingerprint density at radius 3 is 2.39 bits per heavy atom. The third-order valence-corrected chi connectivity index (χ3v) is 4.37. The Morgan fingerprint density at radius 1 is 0.893 bits per heavy atom. The highest BCUT2D eigenvalue weighted by Crippen LogP contribution is 2.27. The molecule has 146 valence electrons. The number of carbonyl (C=O) groups is 1. The third kappa shape index (κ3) is 4.46. The maximum absolute atomic E-state index is 12.4. The highest BCUT2D eigenvalue weighted by molar-refractivity contribution is 5.91. The van der Waals surface area contributed by atoms with Gasteiger partial charge in [-0.3, -0.25) is 4.79 Å². The van der Waals surface area contributed by atoms with Crippen molar-refractivity contribution in [1.29, 1.82) is 0 Å². The Bertz CT molecular complexity index is 948. The lowest BCUT2D eigenvalue weighted by atomic mass is 10.1. The zero-order valence-corrected chi connectivity index (χ0v) is 16.2. The molecule has 1 heterocycles. The Kier molecular flexibility index (Phi) is 6.22. The molecule has 0 fully saturated rings. The van der Waals surface area contributed by atoms with E-state index >= 15 is 0 Å². The van der Waals surface area contributed by atoms with E-state index in [2.05, 4.69) is 5.32 Å². The van der Waals surface area contributed by atoms with Crippen molar-refractivity contribution < 1.29 is 23.4 Å². The van der Waals surface area contributed by atoms with Crippen LogP contribution < -0.4 is 19.5 Å². The van der Waals surface area contributed by atoms with E-state index in [1.54, 1.807) is 33.5 Å². The van der Waals surface area contributed by atoms with E-state index in [9.17, 15) is 4.79 Å². The molecule has 1 N–H and O–H groups in total. The quantitative estimate of drug-likeness (QED) is 0.642. The van der Waals surface area contributed by atoms with Crippen molar-refractivity contribution in [3.8, 4) is 17.2 Å². The van der Waals surface area contributed by atoms with Gasteiger partial charge in [-0.05, 0) is 36.4 Å². The van der Waals surface area contributed by atoms with Crippen LogP contribution in [0.3, 0.4) is 0 Å². The van der Waals surface area contributed by atoms with Gasteiger partial charge in [-0.15, -0.1) is 0 Å². The van der Waals surface area contributed by atoms with Crippen LogP contribution in [0.15, 0.2) is 59.0 Å². The summed E-state index contributed by atoms with van der Waals surface area (Å²) in [6.07, 6.45) is 0.486. The fourth-order valence-corrected chi connectivity index (χ4v) is 2.91. The van der Waals surface area contributed by atoms with Crippen LogP contribution in [0.25, 0.3) is 0 Å². The summed E-state index contributed by atoms with van der Waals surface area (Å²) in [4.78, 5) is 12.4. The average Bonchev–Trinajstić information content (AvgIpc) is 3.20. The monoisotopic (exact) mass is 381 g/mol. The molecule has 3 aromatic rings. The van der Waals surface area contributed by atoms with Crippen molar-refractivity contribution in [2.24, 2.45) is 0 Å². The lowest BCUT2D eigenvalue weighted by molar-refractivity contribution is 0.0921. The number of carbonyl (C=O) groups excluding carboxylic acids is 1. The smallest absolute Gasteiger partial charge is 0.287 e. The Morgan fingerprint density at radius 2 is 1.64 bits per heavy atom. The van der Waals surface area contributed by atoms with Crippen LogP contribution in [0.1, 0.15) is 27.4 Å². The highest BCUT2D eigenvalue weighted by Gasteiger charge is 2.14. The van der Waals surface area contributed by atoms with Gasteiger partial charge in [-0.1, -0.05) is 18.2 Å². The second-order valence-electron chi connectivity index (χ2n) is 6.12. The lowest BCUT2D eigenvalue weighted by Gasteiger charge is -2.09. The number of nitrogens with one attached hydrogen (secondary N) is 1. The summed E-state index contributed by atoms with van der Waals surface area (Å²) >= 11 is 0. The topological polar surface area (TPSA) is 69.9 Å². The Labute approximate surface area is 164 Å². The first-order valence-corrected chi connectivity index (χ1v) is 8.84. The molecule has 2 aromatic carbocycles. The first-order chi connectivity index (χ1) is 13.6. The number of methoxy groups -OCH3 is 3. The summed E-state index contributed by atoms with van der Waals surface area (Å²) in [6.45, 7) is 0.350. The summed E-state index contributed by atoms with van der Waals surface area (Å²) in [5.41, 5.74) is 1.81. The molecule has 28 heavy (non-hydrogen) atoms. The van der Waals surface area contributed by atoms with E-state index in [0.717, 1.165) is 28.4 Å². The van der Waals surface area contributed by atoms with Gasteiger partial charge >= 0.3 is 0 Å². The fraction of sp³-hybridized carbons (Fsp3) is 0.227. The molecule has 0 radical (unpaired) electrons. The molecule has 0 bridgehead atoms. The van der Waals surface area contributed by atoms with Crippen LogP contribution in [-0.4, -0.2) is 27.2 Å². The van der Waals surface area contributed by atoms with Crippen LogP contribution in [-0.2, 0) is 13.0 Å². The fourth-order valence-electron chi connectivity index (χ4n) is 2.91. The van der Waals surface area contributed by atoms with Crippen LogP contribution in [0, 0.1) is 0 Å². The molecule has 6 nitrogen and oxygen atoms in total. The average molecular weight is 381 g/mol. The summed E-state index contributed by atoms with van der Waals surface area (Å²) in [7, 11) is 4.83. The Balaban J connectivity index is 1.67. The molecule has 0 saturated carbocycles. The number of hydrogen-bond donors (Lipinski definition) is 1. The summed E-state index contributed by atoms with van der Waals surface area (Å²) in [5.74, 6) is 2.83. The summed E-state index contributed by atoms with van der Waals surface area (Å²) in [6, 6.07) is 16.6. The zero-order valence-electron chi connectivity index (χ0n) is 16.2. The van der Waals surface area contributed by atoms with Crippen molar-refractivity contribution in [1.82, 2.24) is 5.32 Å². The molecule has 1 amide bonds. The van der Waals surface area contributed by atoms with Crippen molar-refractivity contribution in [3.63, 3.8) is 0 Å². The molecular weight excluding hydrogens is 358 g/mol. The van der Waals surface area contributed by atoms with Gasteiger partial charge in [0.05, 0.1) is 21.3 Å². The number of furan rings is 1. The van der Waals surface area contributed by atoms with Crippen LogP contribution in [0.5, 0.6) is 17.2 Å². The molecule has 0 saturated heterocycles. The minimum atomic E-state index is -0.283. The van der Waals surface area contributed by atoms with Gasteiger partial charge in [-0.25, -0.2) is 0 Å². The number of ether oxygens (including phenoxy) is 3. The highest BCUT2D eigenvalue weighted by atomic mass is 16.5. The molecule has 1 aromatic heterocycles. The summed E-state index contributed by atoms with van der Waals surface area (Å²) < 4.78 is 21.7. The minimum Gasteiger partial charge on any atom is -0.497 e. The molecule has 0 spiro atoms. The maximum Gasteiger partial charge on any atom is 0.287 e. The number of amides is 1. The van der Waals surface area contributed by atoms with E-state index in [-0.39, 0.29) is 11.7 Å². The Hall–Kier alpha value is -3.41. The van der Waals surface area contributed by atoms with E-state index in [1.807, 2.05) is 42.5 Å². The lowest BCUT2D eigenvalue weighted by Crippen LogP contribution is -2.22. The molecule has 0 aliphatic rings. The zero-order chi connectivity index (χ0) is 19.9. The molecule has 0 aliphatic heterocycles. The van der Waals surface area contributed by atoms with Gasteiger partial charge < -0.3 is 23.9 Å². The molecular formula is C22H23NO5. The number of hydrogen-bond acceptors (Lipinski definition) is 5.